The highest BCUT2D eigenvalue weighted by atomic mass is 35.5. The average Bonchev–Trinajstić information content (AvgIpc) is 3.07. The van der Waals surface area contributed by atoms with Gasteiger partial charge in [0.15, 0.2) is 0 Å². The number of rotatable bonds is 10. The highest BCUT2D eigenvalue weighted by Gasteiger charge is 2.27. The van der Waals surface area contributed by atoms with Crippen molar-refractivity contribution in [1.29, 1.82) is 5.26 Å². The van der Waals surface area contributed by atoms with Gasteiger partial charge in [-0.2, -0.15) is 5.26 Å². The van der Waals surface area contributed by atoms with E-state index in [1.165, 1.54) is 11.3 Å². The second kappa shape index (κ2) is 11.4. The van der Waals surface area contributed by atoms with Crippen molar-refractivity contribution in [3.05, 3.63) is 38.7 Å². The summed E-state index contributed by atoms with van der Waals surface area (Å²) in [6.07, 6.45) is 0. The Labute approximate surface area is 184 Å². The van der Waals surface area contributed by atoms with E-state index in [1.807, 2.05) is 18.9 Å². The smallest absolute Gasteiger partial charge is 0.262 e. The number of halogens is 2. The molecule has 2 rings (SSSR count). The van der Waals surface area contributed by atoms with Crippen LogP contribution in [0.2, 0.25) is 10.0 Å². The van der Waals surface area contributed by atoms with E-state index in [9.17, 15) is 10.1 Å². The number of hydrogen-bond acceptors (Lipinski definition) is 6. The third-order valence-corrected chi connectivity index (χ3v) is 5.97. The van der Waals surface area contributed by atoms with E-state index >= 15 is 0 Å². The fourth-order valence-corrected chi connectivity index (χ4v) is 4.37. The van der Waals surface area contributed by atoms with Gasteiger partial charge in [0.25, 0.3) is 5.91 Å². The van der Waals surface area contributed by atoms with Gasteiger partial charge in [0.05, 0.1) is 18.8 Å². The van der Waals surface area contributed by atoms with Gasteiger partial charge >= 0.3 is 0 Å². The lowest BCUT2D eigenvalue weighted by atomic mass is 10.0. The van der Waals surface area contributed by atoms with E-state index in [0.29, 0.717) is 69.5 Å². The number of nitriles is 1. The second-order valence-electron chi connectivity index (χ2n) is 6.09. The molecule has 1 amide bonds. The first-order valence-electron chi connectivity index (χ1n) is 9.02. The maximum absolute atomic E-state index is 12.9. The topological polar surface area (TPSA) is 74.6 Å². The van der Waals surface area contributed by atoms with Crippen LogP contribution in [0.4, 0.5) is 5.00 Å². The summed E-state index contributed by atoms with van der Waals surface area (Å²) in [5, 5.41) is 14.3. The maximum Gasteiger partial charge on any atom is 0.262 e. The molecule has 0 aliphatic rings. The van der Waals surface area contributed by atoms with Gasteiger partial charge in [-0.1, -0.05) is 29.3 Å². The first-order valence-corrected chi connectivity index (χ1v) is 10.6. The zero-order valence-electron chi connectivity index (χ0n) is 16.6. The summed E-state index contributed by atoms with van der Waals surface area (Å²) in [6.45, 7) is 4.39. The molecule has 0 spiro atoms. The van der Waals surface area contributed by atoms with Crippen LogP contribution in [0.25, 0.3) is 11.1 Å². The monoisotopic (exact) mass is 455 g/mol. The third kappa shape index (κ3) is 5.84. The van der Waals surface area contributed by atoms with Crippen LogP contribution in [-0.4, -0.2) is 53.0 Å². The summed E-state index contributed by atoms with van der Waals surface area (Å²) < 4.78 is 10.4. The van der Waals surface area contributed by atoms with Crippen LogP contribution in [0.1, 0.15) is 22.2 Å². The van der Waals surface area contributed by atoms with Gasteiger partial charge in [-0.25, -0.2) is 0 Å². The second-order valence-corrected chi connectivity index (χ2v) is 7.93. The number of methoxy groups -OCH3 is 1. The molecule has 1 N–H and O–H groups in total. The van der Waals surface area contributed by atoms with Crippen molar-refractivity contribution in [2.75, 3.05) is 52.0 Å². The summed E-state index contributed by atoms with van der Waals surface area (Å²) >= 11 is 13.7. The van der Waals surface area contributed by atoms with Crippen molar-refractivity contribution >= 4 is 45.4 Å². The molecule has 29 heavy (non-hydrogen) atoms. The van der Waals surface area contributed by atoms with E-state index in [0.717, 1.165) is 0 Å². The number of carbonyl (C=O) groups excluding carboxylic acids is 1. The number of nitrogens with one attached hydrogen (secondary N) is 1. The Morgan fingerprint density at radius 2 is 2.10 bits per heavy atom. The first kappa shape index (κ1) is 23.5. The fourth-order valence-electron chi connectivity index (χ4n) is 2.70. The summed E-state index contributed by atoms with van der Waals surface area (Å²) in [5.74, 6) is -0.283. The van der Waals surface area contributed by atoms with Crippen molar-refractivity contribution in [2.45, 2.75) is 6.92 Å². The van der Waals surface area contributed by atoms with Gasteiger partial charge in [0.1, 0.15) is 15.9 Å². The van der Waals surface area contributed by atoms with E-state index in [4.69, 9.17) is 32.7 Å². The highest BCUT2D eigenvalue weighted by molar-refractivity contribution is 7.19. The van der Waals surface area contributed by atoms with E-state index < -0.39 is 0 Å². The van der Waals surface area contributed by atoms with Crippen LogP contribution in [-0.2, 0) is 9.47 Å². The Morgan fingerprint density at radius 1 is 1.34 bits per heavy atom. The number of amides is 1. The minimum atomic E-state index is -0.283. The number of nitrogens with zero attached hydrogens (tertiary/aromatic N) is 2. The minimum absolute atomic E-state index is 0.283. The third-order valence-electron chi connectivity index (χ3n) is 4.12. The fraction of sp³-hybridized carbons (Fsp3) is 0.400. The number of likely N-dealkylation sites (N-methyl/N-ethyl adjacent to an activating group) is 1. The molecule has 0 bridgehead atoms. The number of benzene rings is 1. The number of thiophene rings is 1. The Hall–Kier alpha value is -1.82. The molecule has 9 heteroatoms. The Kier molecular flexibility index (Phi) is 9.21. The van der Waals surface area contributed by atoms with Crippen molar-refractivity contribution in [2.24, 2.45) is 0 Å². The molecule has 0 atom stereocenters. The number of hydrogen-bond donors (Lipinski definition) is 1. The quantitative estimate of drug-likeness (QED) is 0.535. The van der Waals surface area contributed by atoms with Gasteiger partial charge in [-0.05, 0) is 19.1 Å². The van der Waals surface area contributed by atoms with Gasteiger partial charge < -0.3 is 19.7 Å². The highest BCUT2D eigenvalue weighted by Crippen LogP contribution is 2.44. The first-order chi connectivity index (χ1) is 13.9. The molecule has 6 nitrogen and oxygen atoms in total. The van der Waals surface area contributed by atoms with E-state index in [-0.39, 0.29) is 5.91 Å². The molecule has 0 saturated heterocycles. The molecule has 1 aromatic carbocycles. The predicted molar refractivity (Wildman–Crippen MR) is 118 cm³/mol. The lowest BCUT2D eigenvalue weighted by Gasteiger charge is -2.17. The molecule has 0 aliphatic heterocycles. The van der Waals surface area contributed by atoms with E-state index in [2.05, 4.69) is 11.4 Å². The number of ether oxygens (including phenoxy) is 2. The molecule has 0 radical (unpaired) electrons. The molecular weight excluding hydrogens is 433 g/mol. The SMILES string of the molecule is CCOCCN(C)c1sc(C(=O)NCCOC)c(-c2ccc(Cl)cc2Cl)c1C#N. The number of carbonyl (C=O) groups is 1. The molecule has 2 aromatic rings. The van der Waals surface area contributed by atoms with Crippen LogP contribution < -0.4 is 10.2 Å². The molecule has 0 unspecified atom stereocenters. The normalized spacial score (nSPS) is 10.6. The molecule has 0 saturated carbocycles. The zero-order valence-corrected chi connectivity index (χ0v) is 18.9. The molecule has 0 aliphatic carbocycles. The van der Waals surface area contributed by atoms with Gasteiger partial charge in [0.2, 0.25) is 0 Å². The van der Waals surface area contributed by atoms with Crippen LogP contribution in [0.5, 0.6) is 0 Å². The minimum Gasteiger partial charge on any atom is -0.383 e. The Morgan fingerprint density at radius 3 is 2.72 bits per heavy atom. The van der Waals surface area contributed by atoms with Crippen molar-refractivity contribution in [3.63, 3.8) is 0 Å². The zero-order chi connectivity index (χ0) is 21.4. The van der Waals surface area contributed by atoms with Crippen LogP contribution in [0.15, 0.2) is 18.2 Å². The van der Waals surface area contributed by atoms with Gasteiger partial charge in [-0.3, -0.25) is 4.79 Å². The average molecular weight is 456 g/mol. The predicted octanol–water partition coefficient (Wildman–Crippen LogP) is 4.44. The van der Waals surface area contributed by atoms with Crippen molar-refractivity contribution < 1.29 is 14.3 Å². The largest absolute Gasteiger partial charge is 0.383 e. The van der Waals surface area contributed by atoms with Crippen LogP contribution in [0, 0.1) is 11.3 Å². The molecule has 1 aromatic heterocycles. The molecule has 156 valence electrons. The van der Waals surface area contributed by atoms with Gasteiger partial charge in [0, 0.05) is 55.0 Å². The van der Waals surface area contributed by atoms with Crippen molar-refractivity contribution in [3.8, 4) is 17.2 Å². The van der Waals surface area contributed by atoms with E-state index in [1.54, 1.807) is 25.3 Å². The standard InChI is InChI=1S/C20H23Cl2N3O3S/c1-4-28-10-8-25(2)20-15(12-23)17(14-6-5-13(21)11-16(14)22)18(29-20)19(26)24-7-9-27-3/h5-6,11H,4,7-10H2,1-3H3,(H,24,26). The van der Waals surface area contributed by atoms with Crippen LogP contribution >= 0.6 is 34.5 Å². The lowest BCUT2D eigenvalue weighted by molar-refractivity contribution is 0.0941. The number of anilines is 1. The maximum atomic E-state index is 12.9. The van der Waals surface area contributed by atoms with Gasteiger partial charge in [-0.15, -0.1) is 11.3 Å². The lowest BCUT2D eigenvalue weighted by Crippen LogP contribution is -2.26. The molecular formula is C20H23Cl2N3O3S. The van der Waals surface area contributed by atoms with Crippen LogP contribution in [0.3, 0.4) is 0 Å². The van der Waals surface area contributed by atoms with Crippen molar-refractivity contribution in [1.82, 2.24) is 5.32 Å². The molecule has 1 heterocycles. The summed E-state index contributed by atoms with van der Waals surface area (Å²) in [5.41, 5.74) is 1.49. The summed E-state index contributed by atoms with van der Waals surface area (Å²) in [4.78, 5) is 15.2. The summed E-state index contributed by atoms with van der Waals surface area (Å²) in [7, 11) is 3.43. The Balaban J connectivity index is 2.55. The summed E-state index contributed by atoms with van der Waals surface area (Å²) in [6, 6.07) is 7.26. The molecule has 0 fully saturated rings. The Bertz CT molecular complexity index is 896.